The molecule has 0 spiro atoms. The molecule has 0 bridgehead atoms. The molecule has 490 valence electrons. The molecule has 2 N–H and O–H groups in total. The number of hydrogen-bond acceptors (Lipinski definition) is 17. The second-order valence-corrected chi connectivity index (χ2v) is 20.9. The number of aryl methyl sites for hydroxylation is 8. The van der Waals surface area contributed by atoms with Gasteiger partial charge in [-0.2, -0.15) is 15.3 Å². The normalized spacial score (nSPS) is 18.7. The smallest absolute Gasteiger partial charge is 0.409 e. The summed E-state index contributed by atoms with van der Waals surface area (Å²) in [6, 6.07) is 2.66. The third-order valence-electron chi connectivity index (χ3n) is 12.5. The number of nitrogens with one attached hydrogen (secondary N) is 2. The molecule has 7 saturated heterocycles. The minimum atomic E-state index is -0.345. The number of amides is 16. The summed E-state index contributed by atoms with van der Waals surface area (Å²) in [5.74, 6) is -0.611. The summed E-state index contributed by atoms with van der Waals surface area (Å²) in [5, 5.41) is 16.8. The number of ether oxygens (including phenoxy) is 2. The Balaban J connectivity index is 0.000000484. The van der Waals surface area contributed by atoms with Gasteiger partial charge in [-0.15, -0.1) is 0 Å². The zero-order valence-electron chi connectivity index (χ0n) is 54.6. The lowest BCUT2D eigenvalue weighted by molar-refractivity contribution is -0.126. The standard InChI is InChI=1S/3C5H8N2O2.C5H10N2O.C5H8N2O.3C5H8N2.2C5H9NO2.C4H6N2O2/c2*1-6-3-4(8)7(2)5(6)9;1-3-4(8)7(2)5(9)6-3;2*1-6-3-4-7(2)5(6)8;1-5-3-6-7(2)4-5;2*1-5-3-4-7(2)6-5;2*1-4-3-6(2)5(7)8-4;1-6-3(7)2-5-4(6)8/h2*3H2,1-2H3;3H,1-2H3,(H,6,9);3-4H2,1-2H3;3-4H,1-2H3;3*3-4H,1-2H3;2*4H,3H2,1-2H3;2H2,1H3,(H,5,8). The van der Waals surface area contributed by atoms with Crippen LogP contribution in [0.25, 0.3) is 0 Å². The van der Waals surface area contributed by atoms with E-state index in [1.165, 1.54) is 52.7 Å². The predicted octanol–water partition coefficient (Wildman–Crippen LogP) is 0.552. The third kappa shape index (κ3) is 26.2. The van der Waals surface area contributed by atoms with Crippen LogP contribution in [0.15, 0.2) is 54.1 Å². The number of hydrogen-bond donors (Lipinski definition) is 2. The number of cyclic esters (lactones) is 2. The first kappa shape index (κ1) is 76.2. The van der Waals surface area contributed by atoms with Gasteiger partial charge in [0.1, 0.15) is 31.3 Å². The molecule has 7 aliphatic heterocycles. The first-order chi connectivity index (χ1) is 40.8. The van der Waals surface area contributed by atoms with E-state index in [1.54, 1.807) is 95.2 Å². The molecule has 0 aliphatic carbocycles. The number of aromatic nitrogens is 8. The molecule has 4 aromatic rings. The average Bonchev–Trinajstić information content (AvgIpc) is 4.60. The molecular formula is C54H90N20O14. The lowest BCUT2D eigenvalue weighted by Crippen LogP contribution is -2.27. The van der Waals surface area contributed by atoms with Crippen molar-refractivity contribution < 1.29 is 62.2 Å². The summed E-state index contributed by atoms with van der Waals surface area (Å²) >= 11 is 0. The van der Waals surface area contributed by atoms with Crippen molar-refractivity contribution in [1.82, 2.24) is 98.1 Å². The Morgan fingerprint density at radius 3 is 0.966 bits per heavy atom. The highest BCUT2D eigenvalue weighted by molar-refractivity contribution is 6.04. The zero-order chi connectivity index (χ0) is 67.6. The van der Waals surface area contributed by atoms with Crippen molar-refractivity contribution in [2.45, 2.75) is 59.8 Å². The van der Waals surface area contributed by atoms with Crippen LogP contribution in [-0.2, 0) is 63.9 Å². The molecule has 0 saturated carbocycles. The Labute approximate surface area is 512 Å². The van der Waals surface area contributed by atoms with Crippen LogP contribution in [0.2, 0.25) is 0 Å². The van der Waals surface area contributed by atoms with Crippen LogP contribution in [0.4, 0.5) is 33.6 Å². The van der Waals surface area contributed by atoms with Crippen LogP contribution in [0.5, 0.6) is 0 Å². The summed E-state index contributed by atoms with van der Waals surface area (Å²) < 4.78 is 17.9. The van der Waals surface area contributed by atoms with E-state index in [0.29, 0.717) is 0 Å². The van der Waals surface area contributed by atoms with Crippen molar-refractivity contribution in [3.63, 3.8) is 0 Å². The first-order valence-corrected chi connectivity index (χ1v) is 27.3. The number of imidazole rings is 1. The maximum absolute atomic E-state index is 10.8. The van der Waals surface area contributed by atoms with Gasteiger partial charge in [0, 0.05) is 150 Å². The van der Waals surface area contributed by atoms with Crippen molar-refractivity contribution in [2.75, 3.05) is 116 Å². The molecule has 34 nitrogen and oxygen atoms in total. The molecule has 88 heavy (non-hydrogen) atoms. The van der Waals surface area contributed by atoms with Crippen LogP contribution in [0, 0.1) is 20.8 Å². The van der Waals surface area contributed by atoms with E-state index in [1.807, 2.05) is 107 Å². The summed E-state index contributed by atoms with van der Waals surface area (Å²) in [5.41, 5.74) is 3.37. The summed E-state index contributed by atoms with van der Waals surface area (Å²) in [6.07, 6.45) is 10.8. The minimum absolute atomic E-state index is 0.0185. The van der Waals surface area contributed by atoms with Crippen LogP contribution >= 0.6 is 0 Å². The predicted molar refractivity (Wildman–Crippen MR) is 321 cm³/mol. The Kier molecular flexibility index (Phi) is 31.4. The van der Waals surface area contributed by atoms with Crippen LogP contribution in [0.1, 0.15) is 37.7 Å². The van der Waals surface area contributed by atoms with E-state index >= 15 is 0 Å². The third-order valence-corrected chi connectivity index (χ3v) is 12.5. The molecule has 7 aliphatic rings. The van der Waals surface area contributed by atoms with Gasteiger partial charge < -0.3 is 58.6 Å². The molecule has 3 atom stereocenters. The van der Waals surface area contributed by atoms with Gasteiger partial charge >= 0.3 is 48.0 Å². The fourth-order valence-electron chi connectivity index (χ4n) is 7.20. The zero-order valence-corrected chi connectivity index (χ0v) is 54.6. The highest BCUT2D eigenvalue weighted by Crippen LogP contribution is 2.08. The Hall–Kier alpha value is -9.79. The fraction of sp³-hybridized carbons (Fsp3) is 0.574. The monoisotopic (exact) mass is 1240 g/mol. The Morgan fingerprint density at radius 2 is 0.875 bits per heavy atom. The first-order valence-electron chi connectivity index (χ1n) is 27.3. The van der Waals surface area contributed by atoms with Crippen molar-refractivity contribution in [3.05, 3.63) is 76.7 Å². The quantitative estimate of drug-likeness (QED) is 0.227. The molecule has 34 heteroatoms. The van der Waals surface area contributed by atoms with Crippen molar-refractivity contribution >= 4 is 66.0 Å². The second kappa shape index (κ2) is 36.3. The highest BCUT2D eigenvalue weighted by Gasteiger charge is 2.32. The van der Waals surface area contributed by atoms with Crippen molar-refractivity contribution in [1.29, 1.82) is 0 Å². The lowest BCUT2D eigenvalue weighted by atomic mass is 10.3. The van der Waals surface area contributed by atoms with Crippen LogP contribution < -0.4 is 16.3 Å². The SMILES string of the molecule is CC1CN(C)C(=O)O1.CC1CN(C)C(=O)O1.CC1NC(=O)N(C)C1=O.CN1C(=O)CNC1=O.CN1CC(=O)N(C)C1=O.CN1CC(=O)N(C)C1=O.CN1CCN(C)C1=O.Cc1ccn(C)n1.Cc1ccn(C)n1.Cc1cnn(C)c1.Cn1ccn(C)c1=O. The lowest BCUT2D eigenvalue weighted by Gasteiger charge is -2.07. The Morgan fingerprint density at radius 1 is 0.466 bits per heavy atom. The topological polar surface area (TPSA) is 343 Å². The van der Waals surface area contributed by atoms with Gasteiger partial charge in [0.15, 0.2) is 0 Å². The van der Waals surface area contributed by atoms with Crippen LogP contribution in [-0.4, -0.2) is 288 Å². The maximum atomic E-state index is 10.8. The van der Waals surface area contributed by atoms with Crippen molar-refractivity contribution in [3.8, 4) is 0 Å². The fourth-order valence-corrected chi connectivity index (χ4v) is 7.20. The van der Waals surface area contributed by atoms with Gasteiger partial charge in [0.2, 0.25) is 17.7 Å². The number of rotatable bonds is 0. The highest BCUT2D eigenvalue weighted by atomic mass is 16.6. The number of nitrogens with zero attached hydrogens (tertiary/aromatic N) is 18. The number of urea groups is 5. The molecule has 11 rings (SSSR count). The molecule has 16 amide bonds. The second-order valence-electron chi connectivity index (χ2n) is 20.9. The number of carbonyl (C=O) groups is 11. The van der Waals surface area contributed by atoms with Crippen molar-refractivity contribution in [2.24, 2.45) is 35.2 Å². The molecular weight excluding hydrogens is 1150 g/mol. The van der Waals surface area contributed by atoms with Gasteiger partial charge in [-0.05, 0) is 59.2 Å². The van der Waals surface area contributed by atoms with Crippen LogP contribution in [0.3, 0.4) is 0 Å². The van der Waals surface area contributed by atoms with Gasteiger partial charge in [-0.1, -0.05) is 0 Å². The summed E-state index contributed by atoms with van der Waals surface area (Å²) in [4.78, 5) is 141. The van der Waals surface area contributed by atoms with Gasteiger partial charge in [0.05, 0.1) is 37.2 Å². The summed E-state index contributed by atoms with van der Waals surface area (Å²) in [6.45, 7) is 15.1. The largest absolute Gasteiger partial charge is 0.445 e. The molecule has 0 aromatic carbocycles. The average molecular weight is 1240 g/mol. The minimum Gasteiger partial charge on any atom is -0.445 e. The van der Waals surface area contributed by atoms with E-state index in [0.717, 1.165) is 57.2 Å². The number of carbonyl (C=O) groups excluding carboxylic acids is 11. The number of imide groups is 4. The number of likely N-dealkylation sites (N-methyl/N-ethyl adjacent to an activating group) is 10. The van der Waals surface area contributed by atoms with Gasteiger partial charge in [0.25, 0.3) is 5.91 Å². The van der Waals surface area contributed by atoms with E-state index in [2.05, 4.69) is 25.9 Å². The summed E-state index contributed by atoms with van der Waals surface area (Å²) in [7, 11) is 25.3. The molecule has 7 fully saturated rings. The molecule has 0 radical (unpaired) electrons. The van der Waals surface area contributed by atoms with E-state index in [9.17, 15) is 57.5 Å². The van der Waals surface area contributed by atoms with E-state index < -0.39 is 0 Å². The van der Waals surface area contributed by atoms with Gasteiger partial charge in [-0.25, -0.2) is 38.4 Å². The van der Waals surface area contributed by atoms with E-state index in [-0.39, 0.29) is 110 Å². The molecule has 11 heterocycles. The Bertz CT molecular complexity index is 2750. The van der Waals surface area contributed by atoms with E-state index in [4.69, 9.17) is 9.47 Å². The molecule has 3 unspecified atom stereocenters. The van der Waals surface area contributed by atoms with Gasteiger partial charge in [-0.3, -0.25) is 52.8 Å². The molecule has 4 aromatic heterocycles. The maximum Gasteiger partial charge on any atom is 0.409 e.